The molecular weight excluding hydrogens is 322 g/mol. The van der Waals surface area contributed by atoms with Crippen LogP contribution in [0.2, 0.25) is 0 Å². The van der Waals surface area contributed by atoms with E-state index in [9.17, 15) is 4.79 Å². The van der Waals surface area contributed by atoms with E-state index in [1.807, 2.05) is 90.4 Å². The van der Waals surface area contributed by atoms with E-state index >= 15 is 0 Å². The molecule has 4 heteroatoms. The number of hydrogen-bond acceptors (Lipinski definition) is 2. The summed E-state index contributed by atoms with van der Waals surface area (Å²) >= 11 is 0. The fraction of sp³-hybridized carbons (Fsp3) is 0.0909. The maximum Gasteiger partial charge on any atom is 0.228 e. The lowest BCUT2D eigenvalue weighted by Gasteiger charge is -2.09. The van der Waals surface area contributed by atoms with Gasteiger partial charge in [0.25, 0.3) is 0 Å². The Kier molecular flexibility index (Phi) is 4.23. The summed E-state index contributed by atoms with van der Waals surface area (Å²) in [7, 11) is 0. The number of nitrogens with one attached hydrogen (secondary N) is 1. The third kappa shape index (κ3) is 3.22. The van der Waals surface area contributed by atoms with Crippen LogP contribution in [0.15, 0.2) is 79.1 Å². The third-order valence-electron chi connectivity index (χ3n) is 4.36. The average molecular weight is 341 g/mol. The van der Waals surface area contributed by atoms with E-state index in [-0.39, 0.29) is 5.91 Å². The normalized spacial score (nSPS) is 10.8. The van der Waals surface area contributed by atoms with Crippen molar-refractivity contribution in [2.45, 2.75) is 13.3 Å². The molecule has 2 heterocycles. The summed E-state index contributed by atoms with van der Waals surface area (Å²) in [6.07, 6.45) is 4.32. The molecule has 4 aromatic rings. The van der Waals surface area contributed by atoms with Crippen LogP contribution in [0, 0.1) is 6.92 Å². The van der Waals surface area contributed by atoms with E-state index in [1.165, 1.54) is 0 Å². The van der Waals surface area contributed by atoms with Crippen molar-refractivity contribution in [1.29, 1.82) is 0 Å². The highest BCUT2D eigenvalue weighted by Gasteiger charge is 2.12. The van der Waals surface area contributed by atoms with Gasteiger partial charge in [0.15, 0.2) is 0 Å². The Hall–Kier alpha value is -3.40. The molecule has 0 fully saturated rings. The molecule has 0 radical (unpaired) electrons. The Labute approximate surface area is 152 Å². The first-order chi connectivity index (χ1) is 12.7. The molecule has 2 aromatic heterocycles. The van der Waals surface area contributed by atoms with Gasteiger partial charge in [0.05, 0.1) is 17.8 Å². The number of hydrogen-bond donors (Lipinski definition) is 1. The van der Waals surface area contributed by atoms with Gasteiger partial charge in [0, 0.05) is 18.0 Å². The van der Waals surface area contributed by atoms with E-state index in [0.29, 0.717) is 6.42 Å². The van der Waals surface area contributed by atoms with Gasteiger partial charge in [-0.2, -0.15) is 0 Å². The lowest BCUT2D eigenvalue weighted by molar-refractivity contribution is -0.115. The van der Waals surface area contributed by atoms with Crippen molar-refractivity contribution in [1.82, 2.24) is 9.38 Å². The highest BCUT2D eigenvalue weighted by atomic mass is 16.1. The highest BCUT2D eigenvalue weighted by molar-refractivity contribution is 5.96. The van der Waals surface area contributed by atoms with E-state index in [2.05, 4.69) is 5.32 Å². The molecule has 26 heavy (non-hydrogen) atoms. The first kappa shape index (κ1) is 16.1. The van der Waals surface area contributed by atoms with Gasteiger partial charge in [-0.05, 0) is 30.2 Å². The number of anilines is 1. The van der Waals surface area contributed by atoms with Crippen LogP contribution in [0.25, 0.3) is 16.9 Å². The zero-order valence-electron chi connectivity index (χ0n) is 14.5. The number of benzene rings is 2. The van der Waals surface area contributed by atoms with Crippen molar-refractivity contribution in [3.63, 3.8) is 0 Å². The molecule has 0 saturated carbocycles. The summed E-state index contributed by atoms with van der Waals surface area (Å²) in [6, 6.07) is 21.5. The van der Waals surface area contributed by atoms with Crippen LogP contribution in [-0.2, 0) is 11.2 Å². The molecule has 0 aliphatic heterocycles. The van der Waals surface area contributed by atoms with Gasteiger partial charge in [-0.15, -0.1) is 0 Å². The second kappa shape index (κ2) is 6.84. The molecule has 0 bridgehead atoms. The molecule has 0 saturated heterocycles. The fourth-order valence-corrected chi connectivity index (χ4v) is 3.07. The van der Waals surface area contributed by atoms with E-state index in [1.54, 1.807) is 0 Å². The number of carbonyl (C=O) groups is 1. The van der Waals surface area contributed by atoms with Crippen molar-refractivity contribution < 1.29 is 4.79 Å². The number of para-hydroxylation sites is 1. The molecule has 2 aromatic carbocycles. The number of pyridine rings is 1. The van der Waals surface area contributed by atoms with E-state index in [0.717, 1.165) is 33.7 Å². The molecule has 0 spiro atoms. The summed E-state index contributed by atoms with van der Waals surface area (Å²) < 4.78 is 2.01. The lowest BCUT2D eigenvalue weighted by Crippen LogP contribution is -2.14. The minimum absolute atomic E-state index is 0.0383. The van der Waals surface area contributed by atoms with Crippen molar-refractivity contribution in [3.8, 4) is 11.3 Å². The van der Waals surface area contributed by atoms with Gasteiger partial charge in [-0.25, -0.2) is 4.98 Å². The minimum Gasteiger partial charge on any atom is -0.325 e. The summed E-state index contributed by atoms with van der Waals surface area (Å²) in [5.74, 6) is -0.0383. The van der Waals surface area contributed by atoms with Gasteiger partial charge in [0.1, 0.15) is 5.65 Å². The van der Waals surface area contributed by atoms with Gasteiger partial charge in [-0.1, -0.05) is 54.6 Å². The summed E-state index contributed by atoms with van der Waals surface area (Å²) in [4.78, 5) is 17.2. The summed E-state index contributed by atoms with van der Waals surface area (Å²) in [6.45, 7) is 2.04. The number of nitrogens with zero attached hydrogens (tertiary/aromatic N) is 2. The fourth-order valence-electron chi connectivity index (χ4n) is 3.07. The predicted octanol–water partition coefficient (Wildman–Crippen LogP) is 4.49. The molecule has 0 aliphatic carbocycles. The minimum atomic E-state index is -0.0383. The van der Waals surface area contributed by atoms with Crippen molar-refractivity contribution >= 4 is 17.2 Å². The average Bonchev–Trinajstić information content (AvgIpc) is 3.08. The molecule has 4 rings (SSSR count). The zero-order chi connectivity index (χ0) is 17.9. The Morgan fingerprint density at radius 1 is 1.00 bits per heavy atom. The number of amides is 1. The largest absolute Gasteiger partial charge is 0.325 e. The Balaban J connectivity index is 1.64. The predicted molar refractivity (Wildman–Crippen MR) is 104 cm³/mol. The number of rotatable bonds is 4. The van der Waals surface area contributed by atoms with E-state index < -0.39 is 0 Å². The molecule has 0 aliphatic rings. The van der Waals surface area contributed by atoms with Gasteiger partial charge < -0.3 is 9.72 Å². The number of fused-ring (bicyclic) bond motifs is 1. The van der Waals surface area contributed by atoms with Crippen LogP contribution in [0.5, 0.6) is 0 Å². The van der Waals surface area contributed by atoms with Crippen LogP contribution >= 0.6 is 0 Å². The molecule has 1 N–H and O–H groups in total. The highest BCUT2D eigenvalue weighted by Crippen LogP contribution is 2.28. The van der Waals surface area contributed by atoms with Gasteiger partial charge in [-0.3, -0.25) is 4.79 Å². The third-order valence-corrected chi connectivity index (χ3v) is 4.36. The zero-order valence-corrected chi connectivity index (χ0v) is 14.5. The summed E-state index contributed by atoms with van der Waals surface area (Å²) in [5, 5.41) is 3.03. The molecule has 0 unspecified atom stereocenters. The van der Waals surface area contributed by atoms with Crippen LogP contribution < -0.4 is 5.32 Å². The number of imidazole rings is 1. The first-order valence-corrected chi connectivity index (χ1v) is 8.58. The topological polar surface area (TPSA) is 46.4 Å². The van der Waals surface area contributed by atoms with Crippen LogP contribution in [0.1, 0.15) is 11.1 Å². The molecular formula is C22H19N3O. The molecule has 1 amide bonds. The first-order valence-electron chi connectivity index (χ1n) is 8.58. The number of aryl methyl sites for hydroxylation is 1. The van der Waals surface area contributed by atoms with Crippen molar-refractivity contribution in [3.05, 3.63) is 90.3 Å². The lowest BCUT2D eigenvalue weighted by atomic mass is 10.1. The van der Waals surface area contributed by atoms with Crippen LogP contribution in [-0.4, -0.2) is 15.3 Å². The number of carbonyl (C=O) groups excluding carboxylic acids is 1. The maximum absolute atomic E-state index is 12.5. The standard InChI is InChI=1S/C22H19N3O/c1-16-8-7-13-25-15-20(24-22(16)25)18-11-5-6-12-19(18)23-21(26)14-17-9-3-2-4-10-17/h2-13,15H,14H2,1H3,(H,23,26). The van der Waals surface area contributed by atoms with Crippen LogP contribution in [0.3, 0.4) is 0 Å². The molecule has 128 valence electrons. The summed E-state index contributed by atoms with van der Waals surface area (Å²) in [5.41, 5.74) is 5.56. The molecule has 4 nitrogen and oxygen atoms in total. The quantitative estimate of drug-likeness (QED) is 0.594. The second-order valence-corrected chi connectivity index (χ2v) is 6.30. The Bertz CT molecular complexity index is 1070. The van der Waals surface area contributed by atoms with Crippen LogP contribution in [0.4, 0.5) is 5.69 Å². The van der Waals surface area contributed by atoms with Gasteiger partial charge in [0.2, 0.25) is 5.91 Å². The SMILES string of the molecule is Cc1cccn2cc(-c3ccccc3NC(=O)Cc3ccccc3)nc12. The van der Waals surface area contributed by atoms with Gasteiger partial charge >= 0.3 is 0 Å². The Morgan fingerprint density at radius 3 is 2.58 bits per heavy atom. The van der Waals surface area contributed by atoms with E-state index in [4.69, 9.17) is 4.98 Å². The maximum atomic E-state index is 12.5. The second-order valence-electron chi connectivity index (χ2n) is 6.30. The Morgan fingerprint density at radius 2 is 1.77 bits per heavy atom. The smallest absolute Gasteiger partial charge is 0.228 e. The van der Waals surface area contributed by atoms with Crippen molar-refractivity contribution in [2.24, 2.45) is 0 Å². The number of aromatic nitrogens is 2. The molecule has 0 atom stereocenters. The van der Waals surface area contributed by atoms with Crippen molar-refractivity contribution in [2.75, 3.05) is 5.32 Å². The monoisotopic (exact) mass is 341 g/mol.